The second-order valence-corrected chi connectivity index (χ2v) is 4.93. The van der Waals surface area contributed by atoms with Crippen molar-refractivity contribution in [2.24, 2.45) is 11.7 Å². The summed E-state index contributed by atoms with van der Waals surface area (Å²) < 4.78 is 37.7. The summed E-state index contributed by atoms with van der Waals surface area (Å²) in [5, 5.41) is 10.5. The van der Waals surface area contributed by atoms with Gasteiger partial charge < -0.3 is 10.8 Å². The van der Waals surface area contributed by atoms with Gasteiger partial charge in [-0.2, -0.15) is 13.2 Å². The fourth-order valence-corrected chi connectivity index (χ4v) is 2.38. The van der Waals surface area contributed by atoms with E-state index in [1.54, 1.807) is 6.92 Å². The summed E-state index contributed by atoms with van der Waals surface area (Å²) in [6.45, 7) is 1.61. The van der Waals surface area contributed by atoms with E-state index in [0.717, 1.165) is 25.0 Å². The molecule has 1 aliphatic carbocycles. The van der Waals surface area contributed by atoms with Crippen molar-refractivity contribution in [3.05, 3.63) is 34.9 Å². The summed E-state index contributed by atoms with van der Waals surface area (Å²) in [7, 11) is 0. The molecule has 1 aliphatic rings. The van der Waals surface area contributed by atoms with Crippen molar-refractivity contribution in [2.45, 2.75) is 31.5 Å². The van der Waals surface area contributed by atoms with Gasteiger partial charge in [0.05, 0.1) is 5.56 Å². The molecule has 1 saturated carbocycles. The van der Waals surface area contributed by atoms with Gasteiger partial charge in [0.1, 0.15) is 5.60 Å². The summed E-state index contributed by atoms with van der Waals surface area (Å²) >= 11 is 0. The lowest BCUT2D eigenvalue weighted by atomic mass is 9.85. The minimum absolute atomic E-state index is 0.0316. The average molecular weight is 259 g/mol. The zero-order valence-electron chi connectivity index (χ0n) is 10.1. The van der Waals surface area contributed by atoms with Gasteiger partial charge in [0.25, 0.3) is 0 Å². The molecule has 1 unspecified atom stereocenters. The molecule has 3 N–H and O–H groups in total. The minimum atomic E-state index is -4.36. The second kappa shape index (κ2) is 4.24. The molecule has 2 rings (SSSR count). The molecule has 0 heterocycles. The fraction of sp³-hybridized carbons (Fsp3) is 0.538. The van der Waals surface area contributed by atoms with Crippen molar-refractivity contribution in [3.8, 4) is 0 Å². The normalized spacial score (nSPS) is 19.7. The number of alkyl halides is 3. The monoisotopic (exact) mass is 259 g/mol. The van der Waals surface area contributed by atoms with Gasteiger partial charge in [0.15, 0.2) is 0 Å². The Bertz CT molecular complexity index is 454. The number of aliphatic hydroxyl groups is 1. The van der Waals surface area contributed by atoms with E-state index in [9.17, 15) is 18.3 Å². The standard InChI is InChI=1S/C13H16F3NO/c1-8-6-10(13(14,15)16)4-5-11(8)12(18,7-17)9-2-3-9/h4-6,9,18H,2-3,7,17H2,1H3. The van der Waals surface area contributed by atoms with Gasteiger partial charge in [-0.25, -0.2) is 0 Å². The number of hydrogen-bond donors (Lipinski definition) is 2. The van der Waals surface area contributed by atoms with Gasteiger partial charge in [-0.05, 0) is 48.9 Å². The van der Waals surface area contributed by atoms with Crippen molar-refractivity contribution in [3.63, 3.8) is 0 Å². The third-order valence-electron chi connectivity index (χ3n) is 3.58. The number of benzene rings is 1. The van der Waals surface area contributed by atoms with E-state index in [1.807, 2.05) is 0 Å². The molecule has 0 saturated heterocycles. The Labute approximate surface area is 104 Å². The van der Waals surface area contributed by atoms with E-state index in [-0.39, 0.29) is 12.5 Å². The maximum absolute atomic E-state index is 12.6. The van der Waals surface area contributed by atoms with Crippen LogP contribution in [0.25, 0.3) is 0 Å². The van der Waals surface area contributed by atoms with E-state index >= 15 is 0 Å². The molecule has 18 heavy (non-hydrogen) atoms. The Kier molecular flexibility index (Phi) is 3.15. The summed E-state index contributed by atoms with van der Waals surface area (Å²) in [5.41, 5.74) is 4.67. The van der Waals surface area contributed by atoms with Crippen molar-refractivity contribution in [1.82, 2.24) is 0 Å². The van der Waals surface area contributed by atoms with E-state index in [0.29, 0.717) is 11.1 Å². The second-order valence-electron chi connectivity index (χ2n) is 4.93. The lowest BCUT2D eigenvalue weighted by molar-refractivity contribution is -0.137. The lowest BCUT2D eigenvalue weighted by Gasteiger charge is -2.29. The van der Waals surface area contributed by atoms with Crippen LogP contribution >= 0.6 is 0 Å². The van der Waals surface area contributed by atoms with Crippen LogP contribution in [0.4, 0.5) is 13.2 Å². The van der Waals surface area contributed by atoms with Gasteiger partial charge in [-0.15, -0.1) is 0 Å². The first kappa shape index (κ1) is 13.4. The highest BCUT2D eigenvalue weighted by atomic mass is 19.4. The molecule has 0 radical (unpaired) electrons. The number of rotatable bonds is 3. The number of halogens is 3. The first-order valence-electron chi connectivity index (χ1n) is 5.90. The van der Waals surface area contributed by atoms with E-state index in [2.05, 4.69) is 0 Å². The Balaban J connectivity index is 2.41. The first-order valence-corrected chi connectivity index (χ1v) is 5.90. The van der Waals surface area contributed by atoms with E-state index in [4.69, 9.17) is 5.73 Å². The highest BCUT2D eigenvalue weighted by molar-refractivity contribution is 5.37. The maximum atomic E-state index is 12.6. The van der Waals surface area contributed by atoms with Crippen LogP contribution in [0, 0.1) is 12.8 Å². The van der Waals surface area contributed by atoms with Gasteiger partial charge in [0.2, 0.25) is 0 Å². The van der Waals surface area contributed by atoms with Crippen LogP contribution in [0.3, 0.4) is 0 Å². The molecule has 100 valence electrons. The zero-order valence-corrected chi connectivity index (χ0v) is 10.1. The van der Waals surface area contributed by atoms with Crippen LogP contribution < -0.4 is 5.73 Å². The smallest absolute Gasteiger partial charge is 0.384 e. The van der Waals surface area contributed by atoms with Crippen molar-refractivity contribution in [1.29, 1.82) is 0 Å². The summed E-state index contributed by atoms with van der Waals surface area (Å²) in [5.74, 6) is 0.0675. The Morgan fingerprint density at radius 3 is 2.33 bits per heavy atom. The number of hydrogen-bond acceptors (Lipinski definition) is 2. The third kappa shape index (κ3) is 2.24. The molecule has 5 heteroatoms. The molecular weight excluding hydrogens is 243 g/mol. The lowest BCUT2D eigenvalue weighted by Crippen LogP contribution is -2.37. The zero-order chi connectivity index (χ0) is 13.6. The van der Waals surface area contributed by atoms with Crippen LogP contribution in [0.1, 0.15) is 29.5 Å². The van der Waals surface area contributed by atoms with Crippen molar-refractivity contribution >= 4 is 0 Å². The predicted octanol–water partition coefficient (Wildman–Crippen LogP) is 2.57. The summed E-state index contributed by atoms with van der Waals surface area (Å²) in [6.07, 6.45) is -2.62. The summed E-state index contributed by atoms with van der Waals surface area (Å²) in [4.78, 5) is 0. The molecule has 1 atom stereocenters. The predicted molar refractivity (Wildman–Crippen MR) is 61.9 cm³/mol. The van der Waals surface area contributed by atoms with Crippen molar-refractivity contribution in [2.75, 3.05) is 6.54 Å². The quantitative estimate of drug-likeness (QED) is 0.876. The Hall–Kier alpha value is -1.07. The van der Waals surface area contributed by atoms with E-state index < -0.39 is 17.3 Å². The molecule has 0 spiro atoms. The molecule has 2 nitrogen and oxygen atoms in total. The topological polar surface area (TPSA) is 46.2 Å². The fourth-order valence-electron chi connectivity index (χ4n) is 2.38. The van der Waals surface area contributed by atoms with Crippen molar-refractivity contribution < 1.29 is 18.3 Å². The average Bonchev–Trinajstić information content (AvgIpc) is 3.10. The van der Waals surface area contributed by atoms with E-state index in [1.165, 1.54) is 6.07 Å². The molecule has 0 amide bonds. The largest absolute Gasteiger partial charge is 0.416 e. The van der Waals surface area contributed by atoms with Gasteiger partial charge in [0, 0.05) is 6.54 Å². The minimum Gasteiger partial charge on any atom is -0.384 e. The van der Waals surface area contributed by atoms with Crippen LogP contribution in [0.2, 0.25) is 0 Å². The molecule has 1 aromatic carbocycles. The highest BCUT2D eigenvalue weighted by Gasteiger charge is 2.45. The summed E-state index contributed by atoms with van der Waals surface area (Å²) in [6, 6.07) is 3.42. The van der Waals surface area contributed by atoms with Gasteiger partial charge in [-0.1, -0.05) is 6.07 Å². The first-order chi connectivity index (χ1) is 8.29. The van der Waals surface area contributed by atoms with Gasteiger partial charge >= 0.3 is 6.18 Å². The van der Waals surface area contributed by atoms with Crippen LogP contribution in [-0.4, -0.2) is 11.7 Å². The Morgan fingerprint density at radius 2 is 1.94 bits per heavy atom. The molecular formula is C13H16F3NO. The number of aryl methyl sites for hydroxylation is 1. The molecule has 1 aromatic rings. The Morgan fingerprint density at radius 1 is 1.33 bits per heavy atom. The third-order valence-corrected chi connectivity index (χ3v) is 3.58. The highest BCUT2D eigenvalue weighted by Crippen LogP contribution is 2.46. The maximum Gasteiger partial charge on any atom is 0.416 e. The molecule has 0 aliphatic heterocycles. The molecule has 0 aromatic heterocycles. The van der Waals surface area contributed by atoms with Gasteiger partial charge in [-0.3, -0.25) is 0 Å². The van der Waals surface area contributed by atoms with Crippen LogP contribution in [0.5, 0.6) is 0 Å². The SMILES string of the molecule is Cc1cc(C(F)(F)F)ccc1C(O)(CN)C1CC1. The number of nitrogens with two attached hydrogens (primary N) is 1. The molecule has 0 bridgehead atoms. The van der Waals surface area contributed by atoms with Crippen LogP contribution in [-0.2, 0) is 11.8 Å². The van der Waals surface area contributed by atoms with Crippen LogP contribution in [0.15, 0.2) is 18.2 Å². The molecule has 1 fully saturated rings.